The minimum absolute atomic E-state index is 0.0977. The average Bonchev–Trinajstić information content (AvgIpc) is 2.70. The summed E-state index contributed by atoms with van der Waals surface area (Å²) in [6.07, 6.45) is 2.81. The number of carbonyl (C=O) groups excluding carboxylic acids is 2. The lowest BCUT2D eigenvalue weighted by Crippen LogP contribution is -2.70. The van der Waals surface area contributed by atoms with Gasteiger partial charge in [-0.05, 0) is 56.7 Å². The summed E-state index contributed by atoms with van der Waals surface area (Å²) in [5.74, 6) is 1.54. The molecule has 0 unspecified atom stereocenters. The summed E-state index contributed by atoms with van der Waals surface area (Å²) in [7, 11) is 3.27. The van der Waals surface area contributed by atoms with Gasteiger partial charge in [-0.3, -0.25) is 9.59 Å². The van der Waals surface area contributed by atoms with E-state index in [1.165, 1.54) is 0 Å². The molecular formula is C22H32N2O4. The zero-order valence-electron chi connectivity index (χ0n) is 17.4. The number of amides is 2. The quantitative estimate of drug-likeness (QED) is 0.674. The highest BCUT2D eigenvalue weighted by Gasteiger charge is 2.52. The second-order valence-electron chi connectivity index (χ2n) is 8.05. The van der Waals surface area contributed by atoms with E-state index in [0.29, 0.717) is 12.3 Å². The van der Waals surface area contributed by atoms with E-state index >= 15 is 0 Å². The molecule has 0 aliphatic carbocycles. The number of methoxy groups -OCH3 is 2. The number of hydrogen-bond donors (Lipinski definition) is 0. The number of nitrogens with zero attached hydrogens (tertiary/aromatic N) is 2. The zero-order valence-corrected chi connectivity index (χ0v) is 17.4. The molecule has 0 bridgehead atoms. The summed E-state index contributed by atoms with van der Waals surface area (Å²) in [4.78, 5) is 28.8. The fraction of sp³-hybridized carbons (Fsp3) is 0.636. The van der Waals surface area contributed by atoms with E-state index in [1.807, 2.05) is 34.1 Å². The van der Waals surface area contributed by atoms with Crippen LogP contribution in [0.15, 0.2) is 24.3 Å². The van der Waals surface area contributed by atoms with Gasteiger partial charge in [-0.15, -0.1) is 0 Å². The number of ether oxygens (including phenoxy) is 2. The fourth-order valence-electron chi connectivity index (χ4n) is 4.51. The molecular weight excluding hydrogens is 356 g/mol. The lowest BCUT2D eigenvalue weighted by atomic mass is 9.79. The van der Waals surface area contributed by atoms with E-state index in [1.54, 1.807) is 14.2 Å². The van der Waals surface area contributed by atoms with Crippen molar-refractivity contribution in [3.8, 4) is 5.75 Å². The molecule has 0 radical (unpaired) electrons. The summed E-state index contributed by atoms with van der Waals surface area (Å²) < 4.78 is 10.6. The minimum atomic E-state index is -0.315. The maximum atomic E-state index is 12.6. The predicted octanol–water partition coefficient (Wildman–Crippen LogP) is 2.50. The molecule has 6 nitrogen and oxygen atoms in total. The minimum Gasteiger partial charge on any atom is -0.497 e. The van der Waals surface area contributed by atoms with Gasteiger partial charge < -0.3 is 19.3 Å². The molecule has 2 fully saturated rings. The number of aryl methyl sites for hydroxylation is 1. The van der Waals surface area contributed by atoms with Crippen molar-refractivity contribution in [2.75, 3.05) is 27.3 Å². The number of rotatable bonds is 7. The van der Waals surface area contributed by atoms with Crippen LogP contribution in [0.1, 0.15) is 38.7 Å². The molecule has 1 aromatic carbocycles. The Labute approximate surface area is 167 Å². The summed E-state index contributed by atoms with van der Waals surface area (Å²) in [6.45, 7) is 5.63. The highest BCUT2D eigenvalue weighted by atomic mass is 16.5. The Bertz CT molecular complexity index is 680. The molecule has 3 rings (SSSR count). The smallest absolute Gasteiger partial charge is 0.254 e. The van der Waals surface area contributed by atoms with Gasteiger partial charge in [-0.2, -0.15) is 0 Å². The molecule has 2 atom stereocenters. The Morgan fingerprint density at radius 2 is 1.79 bits per heavy atom. The van der Waals surface area contributed by atoms with Crippen LogP contribution in [-0.4, -0.2) is 67.1 Å². The Balaban J connectivity index is 1.49. The largest absolute Gasteiger partial charge is 0.497 e. The molecule has 6 heteroatoms. The van der Waals surface area contributed by atoms with Gasteiger partial charge in [0.25, 0.3) is 5.91 Å². The predicted molar refractivity (Wildman–Crippen MR) is 107 cm³/mol. The van der Waals surface area contributed by atoms with Crippen LogP contribution in [0.2, 0.25) is 0 Å². The Morgan fingerprint density at radius 3 is 2.32 bits per heavy atom. The first-order valence-corrected chi connectivity index (χ1v) is 10.2. The van der Waals surface area contributed by atoms with Gasteiger partial charge in [0.05, 0.1) is 13.2 Å². The summed E-state index contributed by atoms with van der Waals surface area (Å²) in [5, 5.41) is 0. The van der Waals surface area contributed by atoms with Crippen molar-refractivity contribution in [1.82, 2.24) is 9.80 Å². The van der Waals surface area contributed by atoms with Gasteiger partial charge in [0.2, 0.25) is 5.91 Å². The number of carbonyl (C=O) groups is 2. The lowest BCUT2D eigenvalue weighted by Gasteiger charge is -2.53. The Hall–Kier alpha value is -2.08. The van der Waals surface area contributed by atoms with Crippen molar-refractivity contribution < 1.29 is 19.1 Å². The van der Waals surface area contributed by atoms with E-state index < -0.39 is 0 Å². The summed E-state index contributed by atoms with van der Waals surface area (Å²) in [5.41, 5.74) is 1.15. The average molecular weight is 389 g/mol. The first-order valence-electron chi connectivity index (χ1n) is 10.2. The molecule has 0 saturated carbocycles. The van der Waals surface area contributed by atoms with Gasteiger partial charge in [-0.25, -0.2) is 0 Å². The topological polar surface area (TPSA) is 59.1 Å². The van der Waals surface area contributed by atoms with Crippen LogP contribution in [0.5, 0.6) is 5.75 Å². The number of likely N-dealkylation sites (tertiary alicyclic amines) is 2. The Morgan fingerprint density at radius 1 is 1.14 bits per heavy atom. The number of piperidine rings is 1. The SMILES string of the molecule is COc1ccc(CCC(=O)N2CCC([C@H]3[C@@H](OC)C(=O)N3C(C)C)CC2)cc1. The van der Waals surface area contributed by atoms with E-state index in [4.69, 9.17) is 9.47 Å². The highest BCUT2D eigenvalue weighted by Crippen LogP contribution is 2.36. The molecule has 2 aliphatic rings. The molecule has 1 aromatic rings. The van der Waals surface area contributed by atoms with Crippen LogP contribution in [-0.2, 0) is 20.7 Å². The summed E-state index contributed by atoms with van der Waals surface area (Å²) >= 11 is 0. The normalized spacial score (nSPS) is 23.1. The molecule has 2 heterocycles. The first kappa shape index (κ1) is 20.6. The van der Waals surface area contributed by atoms with E-state index in [2.05, 4.69) is 13.8 Å². The molecule has 0 spiro atoms. The zero-order chi connectivity index (χ0) is 20.3. The van der Waals surface area contributed by atoms with Crippen molar-refractivity contribution >= 4 is 11.8 Å². The molecule has 2 aliphatic heterocycles. The van der Waals surface area contributed by atoms with Crippen LogP contribution in [0.3, 0.4) is 0 Å². The molecule has 2 amide bonds. The van der Waals surface area contributed by atoms with Crippen LogP contribution in [0.25, 0.3) is 0 Å². The third-order valence-corrected chi connectivity index (χ3v) is 6.10. The standard InChI is InChI=1S/C22H32N2O4/c1-15(2)24-20(21(28-4)22(24)26)17-11-13-23(14-12-17)19(25)10-7-16-5-8-18(27-3)9-6-16/h5-6,8-9,15,17,20-21H,7,10-14H2,1-4H3/t20-,21+/m0/s1. The van der Waals surface area contributed by atoms with Gasteiger partial charge in [-0.1, -0.05) is 12.1 Å². The third kappa shape index (κ3) is 4.17. The number of β-lactam (4-membered cyclic amide) rings is 1. The van der Waals surface area contributed by atoms with Crippen molar-refractivity contribution in [1.29, 1.82) is 0 Å². The van der Waals surface area contributed by atoms with Crippen molar-refractivity contribution in [3.05, 3.63) is 29.8 Å². The van der Waals surface area contributed by atoms with Crippen molar-refractivity contribution in [2.45, 2.75) is 57.7 Å². The van der Waals surface area contributed by atoms with Gasteiger partial charge >= 0.3 is 0 Å². The molecule has 0 N–H and O–H groups in total. The maximum Gasteiger partial charge on any atom is 0.254 e. The molecule has 0 aromatic heterocycles. The van der Waals surface area contributed by atoms with Gasteiger partial charge in [0.15, 0.2) is 6.10 Å². The lowest BCUT2D eigenvalue weighted by molar-refractivity contribution is -0.182. The van der Waals surface area contributed by atoms with E-state index in [-0.39, 0.29) is 30.0 Å². The second-order valence-corrected chi connectivity index (χ2v) is 8.05. The first-order chi connectivity index (χ1) is 13.5. The van der Waals surface area contributed by atoms with E-state index in [0.717, 1.165) is 43.7 Å². The molecule has 28 heavy (non-hydrogen) atoms. The Kier molecular flexibility index (Phi) is 6.60. The van der Waals surface area contributed by atoms with Crippen molar-refractivity contribution in [2.24, 2.45) is 5.92 Å². The van der Waals surface area contributed by atoms with Crippen LogP contribution in [0, 0.1) is 5.92 Å². The van der Waals surface area contributed by atoms with Gasteiger partial charge in [0.1, 0.15) is 5.75 Å². The second kappa shape index (κ2) is 8.95. The van der Waals surface area contributed by atoms with E-state index in [9.17, 15) is 9.59 Å². The molecule has 2 saturated heterocycles. The van der Waals surface area contributed by atoms with Crippen molar-refractivity contribution in [3.63, 3.8) is 0 Å². The summed E-state index contributed by atoms with van der Waals surface area (Å²) in [6, 6.07) is 8.21. The van der Waals surface area contributed by atoms with Gasteiger partial charge in [0, 0.05) is 32.7 Å². The van der Waals surface area contributed by atoms with Crippen LogP contribution < -0.4 is 4.74 Å². The number of benzene rings is 1. The highest BCUT2D eigenvalue weighted by molar-refractivity contribution is 5.88. The van der Waals surface area contributed by atoms with Crippen LogP contribution in [0.4, 0.5) is 0 Å². The maximum absolute atomic E-state index is 12.6. The van der Waals surface area contributed by atoms with Crippen LogP contribution >= 0.6 is 0 Å². The molecule has 154 valence electrons. The fourth-order valence-corrected chi connectivity index (χ4v) is 4.51. The number of hydrogen-bond acceptors (Lipinski definition) is 4. The third-order valence-electron chi connectivity index (χ3n) is 6.10. The monoisotopic (exact) mass is 388 g/mol.